The van der Waals surface area contributed by atoms with Gasteiger partial charge in [0.2, 0.25) is 0 Å². The number of rotatable bonds is 2. The van der Waals surface area contributed by atoms with Crippen LogP contribution in [0.5, 0.6) is 0 Å². The highest BCUT2D eigenvalue weighted by Gasteiger charge is 2.52. The average Bonchev–Trinajstić information content (AvgIpc) is 2.93. The summed E-state index contributed by atoms with van der Waals surface area (Å²) in [4.78, 5) is 0. The molecule has 15 heavy (non-hydrogen) atoms. The molecule has 1 aromatic heterocycles. The first kappa shape index (κ1) is 8.99. The zero-order chi connectivity index (χ0) is 10.3. The molecule has 0 amide bonds. The van der Waals surface area contributed by atoms with Gasteiger partial charge in [0.1, 0.15) is 0 Å². The molecule has 0 aliphatic carbocycles. The van der Waals surface area contributed by atoms with Gasteiger partial charge in [-0.15, -0.1) is 0 Å². The first-order valence-electron chi connectivity index (χ1n) is 5.40. The molecule has 0 spiro atoms. The molecule has 3 heterocycles. The zero-order valence-corrected chi connectivity index (χ0v) is 8.48. The van der Waals surface area contributed by atoms with E-state index in [4.69, 9.17) is 9.15 Å². The van der Waals surface area contributed by atoms with Gasteiger partial charge in [-0.3, -0.25) is 0 Å². The molecule has 1 aromatic rings. The summed E-state index contributed by atoms with van der Waals surface area (Å²) in [5, 5.41) is 9.38. The van der Waals surface area contributed by atoms with Crippen molar-refractivity contribution in [2.75, 3.05) is 0 Å². The van der Waals surface area contributed by atoms with Crippen LogP contribution in [0.25, 0.3) is 0 Å². The SMILES string of the molecule is N#CC1(Cc2ccoc2)CC2CCC1O2. The van der Waals surface area contributed by atoms with E-state index in [9.17, 15) is 5.26 Å². The molecule has 2 saturated heterocycles. The first-order valence-corrected chi connectivity index (χ1v) is 5.40. The average molecular weight is 203 g/mol. The Morgan fingerprint density at radius 1 is 1.53 bits per heavy atom. The quantitative estimate of drug-likeness (QED) is 0.740. The second-order valence-corrected chi connectivity index (χ2v) is 4.60. The van der Waals surface area contributed by atoms with Gasteiger partial charge in [-0.2, -0.15) is 5.26 Å². The van der Waals surface area contributed by atoms with Gasteiger partial charge in [-0.05, 0) is 37.3 Å². The lowest BCUT2D eigenvalue weighted by molar-refractivity contribution is 0.0787. The van der Waals surface area contributed by atoms with Gasteiger partial charge in [0, 0.05) is 0 Å². The molecule has 2 aliphatic heterocycles. The third-order valence-electron chi connectivity index (χ3n) is 3.64. The van der Waals surface area contributed by atoms with E-state index in [2.05, 4.69) is 6.07 Å². The maximum Gasteiger partial charge on any atom is 0.0935 e. The van der Waals surface area contributed by atoms with E-state index in [1.54, 1.807) is 12.5 Å². The summed E-state index contributed by atoms with van der Waals surface area (Å²) in [7, 11) is 0. The Bertz CT molecular complexity index is 392. The fourth-order valence-corrected chi connectivity index (χ4v) is 2.90. The molecule has 3 atom stereocenters. The summed E-state index contributed by atoms with van der Waals surface area (Å²) in [6.07, 6.45) is 7.67. The van der Waals surface area contributed by atoms with Crippen molar-refractivity contribution in [2.24, 2.45) is 5.41 Å². The fourth-order valence-electron chi connectivity index (χ4n) is 2.90. The van der Waals surface area contributed by atoms with Gasteiger partial charge < -0.3 is 9.15 Å². The highest BCUT2D eigenvalue weighted by molar-refractivity contribution is 5.20. The maximum atomic E-state index is 9.38. The van der Waals surface area contributed by atoms with E-state index < -0.39 is 0 Å². The fraction of sp³-hybridized carbons (Fsp3) is 0.583. The van der Waals surface area contributed by atoms with Crippen LogP contribution in [0.15, 0.2) is 23.0 Å². The summed E-state index contributed by atoms with van der Waals surface area (Å²) in [6.45, 7) is 0. The van der Waals surface area contributed by atoms with Crippen molar-refractivity contribution in [1.29, 1.82) is 5.26 Å². The molecule has 2 aliphatic rings. The van der Waals surface area contributed by atoms with E-state index in [1.807, 2.05) is 6.07 Å². The normalized spacial score (nSPS) is 38.1. The first-order chi connectivity index (χ1) is 7.32. The smallest absolute Gasteiger partial charge is 0.0935 e. The molecule has 3 heteroatoms. The molecule has 2 bridgehead atoms. The minimum atomic E-state index is -0.299. The number of furan rings is 1. The van der Waals surface area contributed by atoms with Gasteiger partial charge >= 0.3 is 0 Å². The molecular weight excluding hydrogens is 190 g/mol. The Morgan fingerprint density at radius 3 is 3.00 bits per heavy atom. The van der Waals surface area contributed by atoms with E-state index in [-0.39, 0.29) is 11.5 Å². The summed E-state index contributed by atoms with van der Waals surface area (Å²) >= 11 is 0. The molecule has 0 aromatic carbocycles. The van der Waals surface area contributed by atoms with Gasteiger partial charge in [0.25, 0.3) is 0 Å². The third kappa shape index (κ3) is 1.29. The van der Waals surface area contributed by atoms with Crippen LogP contribution in [-0.4, -0.2) is 12.2 Å². The van der Waals surface area contributed by atoms with Crippen LogP contribution in [0.4, 0.5) is 0 Å². The molecule has 0 radical (unpaired) electrons. The van der Waals surface area contributed by atoms with Crippen LogP contribution >= 0.6 is 0 Å². The van der Waals surface area contributed by atoms with E-state index in [0.29, 0.717) is 6.10 Å². The molecule has 2 fully saturated rings. The van der Waals surface area contributed by atoms with Crippen molar-refractivity contribution in [3.63, 3.8) is 0 Å². The summed E-state index contributed by atoms with van der Waals surface area (Å²) < 4.78 is 10.8. The molecule has 0 N–H and O–H groups in total. The Labute approximate surface area is 88.6 Å². The van der Waals surface area contributed by atoms with Crippen LogP contribution in [0.1, 0.15) is 24.8 Å². The third-order valence-corrected chi connectivity index (χ3v) is 3.64. The predicted octanol–water partition coefficient (Wildman–Crippen LogP) is 2.28. The zero-order valence-electron chi connectivity index (χ0n) is 8.48. The van der Waals surface area contributed by atoms with Crippen molar-refractivity contribution in [2.45, 2.75) is 37.9 Å². The van der Waals surface area contributed by atoms with Crippen molar-refractivity contribution < 1.29 is 9.15 Å². The molecule has 78 valence electrons. The van der Waals surface area contributed by atoms with Crippen molar-refractivity contribution in [3.8, 4) is 6.07 Å². The van der Waals surface area contributed by atoms with Gasteiger partial charge in [-0.1, -0.05) is 0 Å². The Morgan fingerprint density at radius 2 is 2.47 bits per heavy atom. The highest BCUT2D eigenvalue weighted by Crippen LogP contribution is 2.49. The standard InChI is InChI=1S/C12H13NO2/c13-8-12(5-9-3-4-14-7-9)6-10-1-2-11(12)15-10/h3-4,7,10-11H,1-2,5-6H2. The lowest BCUT2D eigenvalue weighted by atomic mass is 9.71. The van der Waals surface area contributed by atoms with Crippen LogP contribution in [-0.2, 0) is 11.2 Å². The van der Waals surface area contributed by atoms with Crippen LogP contribution in [0, 0.1) is 16.7 Å². The lowest BCUT2D eigenvalue weighted by Gasteiger charge is -2.27. The Hall–Kier alpha value is -1.27. The largest absolute Gasteiger partial charge is 0.472 e. The topological polar surface area (TPSA) is 46.2 Å². The Kier molecular flexibility index (Phi) is 1.86. The predicted molar refractivity (Wildman–Crippen MR) is 53.0 cm³/mol. The van der Waals surface area contributed by atoms with E-state index in [1.165, 1.54) is 0 Å². The van der Waals surface area contributed by atoms with Crippen molar-refractivity contribution in [1.82, 2.24) is 0 Å². The highest BCUT2D eigenvalue weighted by atomic mass is 16.5. The van der Waals surface area contributed by atoms with Crippen LogP contribution < -0.4 is 0 Å². The van der Waals surface area contributed by atoms with Crippen LogP contribution in [0.2, 0.25) is 0 Å². The number of fused-ring (bicyclic) bond motifs is 2. The van der Waals surface area contributed by atoms with E-state index >= 15 is 0 Å². The molecule has 3 rings (SSSR count). The second kappa shape index (κ2) is 3.11. The van der Waals surface area contributed by atoms with Crippen molar-refractivity contribution >= 4 is 0 Å². The summed E-state index contributed by atoms with van der Waals surface area (Å²) in [6, 6.07) is 4.42. The minimum Gasteiger partial charge on any atom is -0.472 e. The molecular formula is C12H13NO2. The van der Waals surface area contributed by atoms with Gasteiger partial charge in [0.05, 0.1) is 36.2 Å². The van der Waals surface area contributed by atoms with Crippen LogP contribution in [0.3, 0.4) is 0 Å². The Balaban J connectivity index is 1.86. The monoisotopic (exact) mass is 203 g/mol. The molecule has 3 unspecified atom stereocenters. The lowest BCUT2D eigenvalue weighted by Crippen LogP contribution is -2.33. The number of hydrogen-bond donors (Lipinski definition) is 0. The number of nitrogens with zero attached hydrogens (tertiary/aromatic N) is 1. The van der Waals surface area contributed by atoms with Gasteiger partial charge in [0.15, 0.2) is 0 Å². The maximum absolute atomic E-state index is 9.38. The number of ether oxygens (including phenoxy) is 1. The summed E-state index contributed by atoms with van der Waals surface area (Å²) in [5.41, 5.74) is 0.806. The number of hydrogen-bond acceptors (Lipinski definition) is 3. The summed E-state index contributed by atoms with van der Waals surface area (Å²) in [5.74, 6) is 0. The molecule has 0 saturated carbocycles. The minimum absolute atomic E-state index is 0.141. The van der Waals surface area contributed by atoms with E-state index in [0.717, 1.165) is 31.2 Å². The second-order valence-electron chi connectivity index (χ2n) is 4.60. The number of nitriles is 1. The van der Waals surface area contributed by atoms with Gasteiger partial charge in [-0.25, -0.2) is 0 Å². The van der Waals surface area contributed by atoms with Crippen molar-refractivity contribution in [3.05, 3.63) is 24.2 Å². The molecule has 3 nitrogen and oxygen atoms in total.